The molecule has 0 unspecified atom stereocenters. The van der Waals surface area contributed by atoms with Crippen LogP contribution in [0.25, 0.3) is 10.9 Å². The van der Waals surface area contributed by atoms with Gasteiger partial charge in [0.15, 0.2) is 5.75 Å². The SMILES string of the molecule is C[C@@H](Nc1ncnc2cc(OC3CCC3)c([N+](=O)[O-])cc12)c1ccccc1. The number of rotatable bonds is 6. The molecule has 27 heavy (non-hydrogen) atoms. The van der Waals surface area contributed by atoms with E-state index in [0.717, 1.165) is 24.8 Å². The van der Waals surface area contributed by atoms with Crippen molar-refractivity contribution in [1.29, 1.82) is 0 Å². The van der Waals surface area contributed by atoms with Gasteiger partial charge >= 0.3 is 5.69 Å². The molecule has 1 N–H and O–H groups in total. The third kappa shape index (κ3) is 3.53. The number of fused-ring (bicyclic) bond motifs is 1. The van der Waals surface area contributed by atoms with Gasteiger partial charge in [-0.2, -0.15) is 0 Å². The summed E-state index contributed by atoms with van der Waals surface area (Å²) in [5.41, 5.74) is 1.66. The molecule has 1 fully saturated rings. The van der Waals surface area contributed by atoms with E-state index in [2.05, 4.69) is 15.3 Å². The summed E-state index contributed by atoms with van der Waals surface area (Å²) in [4.78, 5) is 19.7. The van der Waals surface area contributed by atoms with Crippen molar-refractivity contribution in [2.75, 3.05) is 5.32 Å². The number of nitro groups is 1. The zero-order valence-corrected chi connectivity index (χ0v) is 15.0. The molecule has 0 amide bonds. The molecule has 0 aliphatic heterocycles. The van der Waals surface area contributed by atoms with E-state index in [-0.39, 0.29) is 23.6 Å². The van der Waals surface area contributed by atoms with Crippen molar-refractivity contribution in [3.63, 3.8) is 0 Å². The number of ether oxygens (including phenoxy) is 1. The average molecular weight is 364 g/mol. The van der Waals surface area contributed by atoms with Gasteiger partial charge in [-0.15, -0.1) is 0 Å². The molecule has 1 atom stereocenters. The Morgan fingerprint density at radius 3 is 2.67 bits per heavy atom. The lowest BCUT2D eigenvalue weighted by atomic mass is 9.96. The molecular weight excluding hydrogens is 344 g/mol. The Kier molecular flexibility index (Phi) is 4.58. The first-order chi connectivity index (χ1) is 13.1. The Hall–Kier alpha value is -3.22. The van der Waals surface area contributed by atoms with Gasteiger partial charge in [-0.3, -0.25) is 10.1 Å². The first kappa shape index (κ1) is 17.2. The summed E-state index contributed by atoms with van der Waals surface area (Å²) >= 11 is 0. The maximum atomic E-state index is 11.6. The fraction of sp³-hybridized carbons (Fsp3) is 0.300. The first-order valence-electron chi connectivity index (χ1n) is 9.03. The van der Waals surface area contributed by atoms with Gasteiger partial charge < -0.3 is 10.1 Å². The lowest BCUT2D eigenvalue weighted by Crippen LogP contribution is -2.24. The summed E-state index contributed by atoms with van der Waals surface area (Å²) < 4.78 is 5.82. The summed E-state index contributed by atoms with van der Waals surface area (Å²) in [7, 11) is 0. The van der Waals surface area contributed by atoms with Crippen LogP contribution in [-0.2, 0) is 0 Å². The minimum absolute atomic E-state index is 0.00532. The molecule has 0 bridgehead atoms. The second-order valence-electron chi connectivity index (χ2n) is 6.76. The topological polar surface area (TPSA) is 90.2 Å². The Morgan fingerprint density at radius 1 is 1.22 bits per heavy atom. The van der Waals surface area contributed by atoms with Gasteiger partial charge in [0, 0.05) is 23.6 Å². The van der Waals surface area contributed by atoms with Crippen molar-refractivity contribution in [2.24, 2.45) is 0 Å². The largest absolute Gasteiger partial charge is 0.483 e. The standard InChI is InChI=1S/C20H20N4O3/c1-13(14-6-3-2-4-7-14)23-20-16-10-18(24(25)26)19(27-15-8-5-9-15)11-17(16)21-12-22-20/h2-4,6-7,10-13,15H,5,8-9H2,1H3,(H,21,22,23)/t13-/m1/s1. The predicted molar refractivity (Wildman–Crippen MR) is 103 cm³/mol. The monoisotopic (exact) mass is 364 g/mol. The summed E-state index contributed by atoms with van der Waals surface area (Å²) in [5, 5.41) is 15.5. The highest BCUT2D eigenvalue weighted by molar-refractivity contribution is 5.92. The van der Waals surface area contributed by atoms with Crippen LogP contribution in [0.15, 0.2) is 48.8 Å². The smallest absolute Gasteiger partial charge is 0.311 e. The fourth-order valence-corrected chi connectivity index (χ4v) is 3.12. The van der Waals surface area contributed by atoms with Gasteiger partial charge in [0.2, 0.25) is 0 Å². The van der Waals surface area contributed by atoms with Crippen LogP contribution in [0.1, 0.15) is 37.8 Å². The highest BCUT2D eigenvalue weighted by Gasteiger charge is 2.25. The lowest BCUT2D eigenvalue weighted by Gasteiger charge is -2.26. The average Bonchev–Trinajstić information content (AvgIpc) is 2.65. The van der Waals surface area contributed by atoms with Crippen LogP contribution in [0.4, 0.5) is 11.5 Å². The number of hydrogen-bond acceptors (Lipinski definition) is 6. The van der Waals surface area contributed by atoms with E-state index < -0.39 is 4.92 Å². The number of aromatic nitrogens is 2. The molecule has 1 aromatic heterocycles. The second-order valence-corrected chi connectivity index (χ2v) is 6.76. The predicted octanol–water partition coefficient (Wildman–Crippen LogP) is 4.64. The quantitative estimate of drug-likeness (QED) is 0.506. The number of anilines is 1. The van der Waals surface area contributed by atoms with E-state index in [1.54, 1.807) is 6.07 Å². The van der Waals surface area contributed by atoms with Gasteiger partial charge in [0.1, 0.15) is 12.1 Å². The van der Waals surface area contributed by atoms with Crippen LogP contribution < -0.4 is 10.1 Å². The molecule has 1 aliphatic rings. The molecule has 4 rings (SSSR count). The molecule has 0 spiro atoms. The highest BCUT2D eigenvalue weighted by atomic mass is 16.6. The molecule has 138 valence electrons. The molecule has 7 nitrogen and oxygen atoms in total. The molecule has 1 heterocycles. The normalized spacial score (nSPS) is 15.1. The Labute approximate surface area is 156 Å². The summed E-state index contributed by atoms with van der Waals surface area (Å²) in [5.74, 6) is 0.840. The van der Waals surface area contributed by atoms with Crippen LogP contribution in [0.5, 0.6) is 5.75 Å². The molecule has 3 aromatic rings. The van der Waals surface area contributed by atoms with Crippen LogP contribution in [-0.4, -0.2) is 21.0 Å². The molecule has 1 aliphatic carbocycles. The zero-order chi connectivity index (χ0) is 18.8. The second kappa shape index (κ2) is 7.19. The molecule has 7 heteroatoms. The minimum atomic E-state index is -0.412. The van der Waals surface area contributed by atoms with Gasteiger partial charge in [0.05, 0.1) is 16.5 Å². The number of nitrogens with one attached hydrogen (secondary N) is 1. The van der Waals surface area contributed by atoms with Crippen molar-refractivity contribution in [3.05, 3.63) is 64.5 Å². The van der Waals surface area contributed by atoms with Crippen molar-refractivity contribution in [3.8, 4) is 5.75 Å². The van der Waals surface area contributed by atoms with Crippen LogP contribution in [0.3, 0.4) is 0 Å². The van der Waals surface area contributed by atoms with Gasteiger partial charge in [-0.1, -0.05) is 30.3 Å². The van der Waals surface area contributed by atoms with Gasteiger partial charge in [-0.25, -0.2) is 9.97 Å². The fourth-order valence-electron chi connectivity index (χ4n) is 3.12. The number of nitro benzene ring substituents is 1. The molecule has 1 saturated carbocycles. The van der Waals surface area contributed by atoms with Crippen molar-refractivity contribution in [1.82, 2.24) is 9.97 Å². The Bertz CT molecular complexity index is 974. The van der Waals surface area contributed by atoms with E-state index in [0.29, 0.717) is 16.7 Å². The summed E-state index contributed by atoms with van der Waals surface area (Å²) in [6.07, 6.45) is 4.47. The van der Waals surface area contributed by atoms with Crippen LogP contribution >= 0.6 is 0 Å². The van der Waals surface area contributed by atoms with Gasteiger partial charge in [0.25, 0.3) is 0 Å². The first-order valence-corrected chi connectivity index (χ1v) is 9.03. The summed E-state index contributed by atoms with van der Waals surface area (Å²) in [6.45, 7) is 2.02. The molecule has 0 radical (unpaired) electrons. The van der Waals surface area contributed by atoms with Crippen LogP contribution in [0, 0.1) is 10.1 Å². The zero-order valence-electron chi connectivity index (χ0n) is 15.0. The number of hydrogen-bond donors (Lipinski definition) is 1. The van der Waals surface area contributed by atoms with E-state index in [4.69, 9.17) is 4.74 Å². The maximum Gasteiger partial charge on any atom is 0.311 e. The molecular formula is C20H20N4O3. The number of nitrogens with zero attached hydrogens (tertiary/aromatic N) is 3. The van der Waals surface area contributed by atoms with E-state index in [1.165, 1.54) is 12.4 Å². The minimum Gasteiger partial charge on any atom is -0.483 e. The Morgan fingerprint density at radius 2 is 2.00 bits per heavy atom. The van der Waals surface area contributed by atoms with E-state index in [1.807, 2.05) is 37.3 Å². The van der Waals surface area contributed by atoms with Gasteiger partial charge in [-0.05, 0) is 31.7 Å². The lowest BCUT2D eigenvalue weighted by molar-refractivity contribution is -0.386. The van der Waals surface area contributed by atoms with Crippen molar-refractivity contribution < 1.29 is 9.66 Å². The third-order valence-electron chi connectivity index (χ3n) is 4.91. The summed E-state index contributed by atoms with van der Waals surface area (Å²) in [6, 6.07) is 13.1. The van der Waals surface area contributed by atoms with E-state index in [9.17, 15) is 10.1 Å². The molecule has 2 aromatic carbocycles. The highest BCUT2D eigenvalue weighted by Crippen LogP contribution is 2.37. The third-order valence-corrected chi connectivity index (χ3v) is 4.91. The van der Waals surface area contributed by atoms with Crippen molar-refractivity contribution >= 4 is 22.4 Å². The van der Waals surface area contributed by atoms with Crippen molar-refractivity contribution in [2.45, 2.75) is 38.3 Å². The van der Waals surface area contributed by atoms with E-state index >= 15 is 0 Å². The Balaban J connectivity index is 1.71. The molecule has 0 saturated heterocycles. The van der Waals surface area contributed by atoms with Crippen LogP contribution in [0.2, 0.25) is 0 Å². The maximum absolute atomic E-state index is 11.6. The number of benzene rings is 2.